The van der Waals surface area contributed by atoms with Crippen molar-refractivity contribution >= 4 is 12.0 Å². The minimum Gasteiger partial charge on any atom is -0.581 e. The van der Waals surface area contributed by atoms with Crippen LogP contribution in [0.4, 0.5) is 0 Å². The Kier molecular flexibility index (Phi) is 13.8. The van der Waals surface area contributed by atoms with Crippen LogP contribution < -0.4 is 10.2 Å². The summed E-state index contributed by atoms with van der Waals surface area (Å²) < 4.78 is 8.73. The van der Waals surface area contributed by atoms with Gasteiger partial charge >= 0.3 is 54.1 Å². The number of benzene rings is 6. The van der Waals surface area contributed by atoms with Crippen molar-refractivity contribution in [2.24, 2.45) is 0 Å². The summed E-state index contributed by atoms with van der Waals surface area (Å²) >= 11 is 0. The summed E-state index contributed by atoms with van der Waals surface area (Å²) in [5.74, 6) is 0. The van der Waals surface area contributed by atoms with Gasteiger partial charge in [0.25, 0.3) is 22.8 Å². The van der Waals surface area contributed by atoms with Gasteiger partial charge in [-0.15, -0.1) is 11.1 Å². The molecule has 14 heteroatoms. The monoisotopic (exact) mass is 1550 g/mol. The van der Waals surface area contributed by atoms with Crippen molar-refractivity contribution < 1.29 is 60.4 Å². The van der Waals surface area contributed by atoms with E-state index >= 15 is 0 Å². The molecule has 18 rings (SSSR count). The van der Waals surface area contributed by atoms with E-state index in [1.807, 2.05) is 61.7 Å². The zero-order valence-electron chi connectivity index (χ0n) is 50.9. The fourth-order valence-electron chi connectivity index (χ4n) is 15.9. The summed E-state index contributed by atoms with van der Waals surface area (Å²) in [4.78, 5) is 18.6. The summed E-state index contributed by atoms with van der Waals surface area (Å²) in [7, 11) is 4.11. The van der Waals surface area contributed by atoms with Gasteiger partial charge in [-0.25, -0.2) is 0 Å². The first-order valence-electron chi connectivity index (χ1n) is 30.2. The van der Waals surface area contributed by atoms with Crippen LogP contribution in [0.3, 0.4) is 0 Å². The predicted molar refractivity (Wildman–Crippen MR) is 342 cm³/mol. The van der Waals surface area contributed by atoms with Gasteiger partial charge in [-0.2, -0.15) is 60.9 Å². The van der Waals surface area contributed by atoms with Gasteiger partial charge in [0.2, 0.25) is 11.1 Å². The predicted octanol–water partition coefficient (Wildman–Crippen LogP) is 12.7. The second-order valence-electron chi connectivity index (χ2n) is 23.9. The van der Waals surface area contributed by atoms with Crippen molar-refractivity contribution in [3.8, 4) is 44.5 Å². The van der Waals surface area contributed by atoms with E-state index in [1.165, 1.54) is 44.5 Å². The van der Waals surface area contributed by atoms with Crippen molar-refractivity contribution in [3.05, 3.63) is 345 Å². The zero-order chi connectivity index (χ0) is 60.7. The molecular formula is C78H56N12Pt2+4. The number of aromatic nitrogens is 8. The first kappa shape index (κ1) is 58.3. The zero-order valence-corrected chi connectivity index (χ0v) is 55.5. The molecule has 2 aliphatic heterocycles. The third kappa shape index (κ3) is 7.61. The van der Waals surface area contributed by atoms with Gasteiger partial charge in [-0.1, -0.05) is 139 Å². The second kappa shape index (κ2) is 21.8. The van der Waals surface area contributed by atoms with Crippen LogP contribution >= 0.6 is 0 Å². The molecular weight excluding hydrogens is 1500 g/mol. The van der Waals surface area contributed by atoms with Gasteiger partial charge < -0.3 is 20.4 Å². The molecule has 0 fully saturated rings. The third-order valence-corrected chi connectivity index (χ3v) is 20.1. The minimum absolute atomic E-state index is 0. The van der Waals surface area contributed by atoms with Crippen LogP contribution in [0.15, 0.2) is 255 Å². The first-order valence-corrected chi connectivity index (χ1v) is 30.2. The van der Waals surface area contributed by atoms with Crippen LogP contribution in [0.1, 0.15) is 106 Å². The molecule has 444 valence electrons. The molecule has 8 heterocycles. The standard InChI is InChI=1S/2C39H28N6.2Pt/c2*1-25-26(2)45(24-44(25)3)39(34-14-7-5-12-30(34)32-16-19-41-23-36(32)39)28-10-8-9-27(21-28)38(37-17-20-42-43-37)33-13-6-4-11-29(33)31-15-18-40-22-35(31)38;;/h2*4-20,22-23H,1-3H3;;/q;;2*+2. The second-order valence-corrected chi connectivity index (χ2v) is 23.9. The Balaban J connectivity index is 0.000000149. The molecule has 12 aromatic rings. The maximum atomic E-state index is 4.73. The summed E-state index contributed by atoms with van der Waals surface area (Å²) in [6, 6.07) is 75.5. The van der Waals surface area contributed by atoms with E-state index in [0.29, 0.717) is 0 Å². The smallest absolute Gasteiger partial charge is 0.581 e. The minimum atomic E-state index is -0.763. The number of fused-ring (bicyclic) bond motifs is 12. The molecule has 4 aliphatic carbocycles. The van der Waals surface area contributed by atoms with E-state index in [0.717, 1.165) is 101 Å². The van der Waals surface area contributed by atoms with Crippen molar-refractivity contribution in [1.29, 1.82) is 0 Å². The van der Waals surface area contributed by atoms with Crippen molar-refractivity contribution in [3.63, 3.8) is 0 Å². The Morgan fingerprint density at radius 1 is 0.337 bits per heavy atom. The third-order valence-electron chi connectivity index (χ3n) is 20.1. The van der Waals surface area contributed by atoms with Gasteiger partial charge in [0.15, 0.2) is 14.1 Å². The number of rotatable bonds is 8. The first-order chi connectivity index (χ1) is 44.1. The molecule has 6 aliphatic rings. The normalized spacial score (nSPS) is 20.3. The van der Waals surface area contributed by atoms with Crippen LogP contribution in [0.5, 0.6) is 0 Å². The van der Waals surface area contributed by atoms with Crippen LogP contribution in [0.2, 0.25) is 0 Å². The summed E-state index contributed by atoms with van der Waals surface area (Å²) in [5.41, 5.74) is 25.5. The topological polar surface area (TPSA) is 118 Å². The molecule has 6 aromatic carbocycles. The quantitative estimate of drug-likeness (QED) is 0.109. The van der Waals surface area contributed by atoms with Crippen molar-refractivity contribution in [1.82, 2.24) is 40.3 Å². The molecule has 0 saturated carbocycles. The molecule has 12 nitrogen and oxygen atoms in total. The Bertz CT molecular complexity index is 4760. The maximum Gasteiger partial charge on any atom is 2.00 e. The summed E-state index contributed by atoms with van der Waals surface area (Å²) in [6.45, 7) is 8.63. The van der Waals surface area contributed by atoms with E-state index in [4.69, 9.17) is 10.2 Å². The Morgan fingerprint density at radius 2 is 0.652 bits per heavy atom. The van der Waals surface area contributed by atoms with E-state index in [2.05, 4.69) is 272 Å². The fraction of sp³-hybridized carbons (Fsp3) is 0.128. The van der Waals surface area contributed by atoms with Crippen molar-refractivity contribution in [2.75, 3.05) is 14.1 Å². The Labute approximate surface area is 561 Å². The van der Waals surface area contributed by atoms with Crippen LogP contribution in [0.25, 0.3) is 44.5 Å². The molecule has 0 N–H and O–H groups in total. The van der Waals surface area contributed by atoms with E-state index in [1.54, 1.807) is 12.4 Å². The largest absolute Gasteiger partial charge is 2.00 e. The van der Waals surface area contributed by atoms with E-state index < -0.39 is 21.9 Å². The number of allylic oxidation sites excluding steroid dienone is 4. The van der Waals surface area contributed by atoms with Gasteiger partial charge in [0, 0.05) is 99.8 Å². The summed E-state index contributed by atoms with van der Waals surface area (Å²) in [5, 5.41) is 18.1. The van der Waals surface area contributed by atoms with Crippen LogP contribution in [-0.4, -0.2) is 74.5 Å². The van der Waals surface area contributed by atoms with Gasteiger partial charge in [-0.05, 0) is 91.0 Å². The number of hydrogen-bond donors (Lipinski definition) is 0. The fourth-order valence-corrected chi connectivity index (χ4v) is 15.9. The average molecular weight is 1550 g/mol. The molecule has 4 unspecified atom stereocenters. The Hall–Kier alpha value is -10.0. The molecule has 92 heavy (non-hydrogen) atoms. The Morgan fingerprint density at radius 3 is 1.00 bits per heavy atom. The van der Waals surface area contributed by atoms with Crippen LogP contribution in [0, 0.1) is 12.1 Å². The van der Waals surface area contributed by atoms with Gasteiger partial charge in [-0.3, -0.25) is 19.9 Å². The van der Waals surface area contributed by atoms with Gasteiger partial charge in [0.05, 0.1) is 22.0 Å². The average Bonchev–Trinajstić information content (AvgIpc) is 1.52. The molecule has 6 aromatic heterocycles. The number of hydrogen-bond acceptors (Lipinski definition) is 6. The molecule has 4 atom stereocenters. The maximum absolute atomic E-state index is 4.73. The summed E-state index contributed by atoms with van der Waals surface area (Å²) in [6.07, 6.45) is 19.0. The molecule has 0 radical (unpaired) electrons. The van der Waals surface area contributed by atoms with E-state index in [-0.39, 0.29) is 42.1 Å². The molecule has 0 amide bonds. The molecule has 0 spiro atoms. The SMILES string of the molecule is CC1=C(C)[N+](C2(c3[c-]c(C4(c5cc[n-]n5)c5ccccc5-c5ccncc54)ccc3)c3ccccc3-c3ccncc32)=C=[N+]1C.CC1=C(C)[N+](C2(c3[c-]c(C4(c5cc[n-]n5)c5ccccc5-c5ccncc54)ccc3)c3ccccc3-c3ccncc32)=C=[N+]1C.[Pt+2].[Pt+2]. The number of nitrogens with zero attached hydrogens (tertiary/aromatic N) is 12. The molecule has 0 saturated heterocycles. The molecule has 0 bridgehead atoms. The van der Waals surface area contributed by atoms with Crippen LogP contribution in [-0.2, 0) is 64.0 Å². The van der Waals surface area contributed by atoms with Gasteiger partial charge in [0.1, 0.15) is 0 Å². The van der Waals surface area contributed by atoms with Crippen molar-refractivity contribution in [2.45, 2.75) is 49.6 Å². The number of pyridine rings is 4. The van der Waals surface area contributed by atoms with E-state index in [9.17, 15) is 0 Å².